The quantitative estimate of drug-likeness (QED) is 0.473. The number of carbonyl (C=O) groups excluding carboxylic acids is 1. The minimum atomic E-state index is -0.256. The highest BCUT2D eigenvalue weighted by Gasteiger charge is 2.08. The molecule has 0 unspecified atom stereocenters. The number of hydrazone groups is 1. The molecule has 0 atom stereocenters. The number of hydrogen-bond acceptors (Lipinski definition) is 4. The Morgan fingerprint density at radius 1 is 1.00 bits per heavy atom. The molecule has 0 radical (unpaired) electrons. The predicted molar refractivity (Wildman–Crippen MR) is 115 cm³/mol. The third kappa shape index (κ3) is 5.23. The van der Waals surface area contributed by atoms with E-state index in [4.69, 9.17) is 9.47 Å². The zero-order valence-corrected chi connectivity index (χ0v) is 16.8. The molecule has 0 fully saturated rings. The van der Waals surface area contributed by atoms with Crippen molar-refractivity contribution >= 4 is 12.1 Å². The first kappa shape index (κ1) is 20.1. The first-order valence-electron chi connectivity index (χ1n) is 9.33. The molecule has 3 aromatic carbocycles. The number of hydrogen-bond donors (Lipinski definition) is 1. The molecule has 3 rings (SSSR count). The summed E-state index contributed by atoms with van der Waals surface area (Å²) in [4.78, 5) is 12.1. The maximum absolute atomic E-state index is 12.1. The maximum atomic E-state index is 12.1. The van der Waals surface area contributed by atoms with Gasteiger partial charge in [-0.3, -0.25) is 4.79 Å². The fraction of sp³-hybridized carbons (Fsp3) is 0.167. The summed E-state index contributed by atoms with van der Waals surface area (Å²) in [7, 11) is 1.63. The summed E-state index contributed by atoms with van der Waals surface area (Å²) in [6.07, 6.45) is 1.60. The van der Waals surface area contributed by atoms with Gasteiger partial charge < -0.3 is 9.47 Å². The van der Waals surface area contributed by atoms with Crippen molar-refractivity contribution in [1.82, 2.24) is 5.43 Å². The SMILES string of the molecule is COc1ccc(/C=N/NC(=O)c2ccccc2)cc1COc1cccc(C)c1C. The van der Waals surface area contributed by atoms with E-state index in [9.17, 15) is 4.79 Å². The van der Waals surface area contributed by atoms with Crippen LogP contribution in [-0.4, -0.2) is 19.2 Å². The molecule has 5 nitrogen and oxygen atoms in total. The van der Waals surface area contributed by atoms with E-state index in [-0.39, 0.29) is 5.91 Å². The smallest absolute Gasteiger partial charge is 0.271 e. The summed E-state index contributed by atoms with van der Waals surface area (Å²) in [5.74, 6) is 1.33. The van der Waals surface area contributed by atoms with Gasteiger partial charge in [0.25, 0.3) is 5.91 Å². The van der Waals surface area contributed by atoms with Gasteiger partial charge in [0, 0.05) is 11.1 Å². The molecule has 0 spiro atoms. The molecule has 148 valence electrons. The van der Waals surface area contributed by atoms with Gasteiger partial charge >= 0.3 is 0 Å². The molecule has 0 aliphatic rings. The van der Waals surface area contributed by atoms with Gasteiger partial charge in [-0.15, -0.1) is 0 Å². The van der Waals surface area contributed by atoms with Crippen molar-refractivity contribution in [3.63, 3.8) is 0 Å². The second-order valence-corrected chi connectivity index (χ2v) is 6.62. The van der Waals surface area contributed by atoms with Crippen molar-refractivity contribution in [3.8, 4) is 11.5 Å². The molecule has 0 saturated heterocycles. The maximum Gasteiger partial charge on any atom is 0.271 e. The Balaban J connectivity index is 1.69. The number of carbonyl (C=O) groups is 1. The number of aryl methyl sites for hydroxylation is 1. The molecule has 0 saturated carbocycles. The number of rotatable bonds is 7. The van der Waals surface area contributed by atoms with E-state index in [2.05, 4.69) is 23.5 Å². The monoisotopic (exact) mass is 388 g/mol. The van der Waals surface area contributed by atoms with Crippen LogP contribution in [0.1, 0.15) is 32.6 Å². The fourth-order valence-corrected chi connectivity index (χ4v) is 2.85. The first-order valence-corrected chi connectivity index (χ1v) is 9.33. The van der Waals surface area contributed by atoms with Crippen LogP contribution in [0.25, 0.3) is 0 Å². The van der Waals surface area contributed by atoms with Gasteiger partial charge in [-0.1, -0.05) is 30.3 Å². The van der Waals surface area contributed by atoms with Crippen molar-refractivity contribution < 1.29 is 14.3 Å². The molecule has 0 bridgehead atoms. The van der Waals surface area contributed by atoms with Crippen LogP contribution < -0.4 is 14.9 Å². The van der Waals surface area contributed by atoms with E-state index in [0.717, 1.165) is 28.2 Å². The van der Waals surface area contributed by atoms with Gasteiger partial charge in [0.2, 0.25) is 0 Å². The van der Waals surface area contributed by atoms with Gasteiger partial charge in [-0.2, -0.15) is 5.10 Å². The van der Waals surface area contributed by atoms with E-state index >= 15 is 0 Å². The average molecular weight is 388 g/mol. The Kier molecular flexibility index (Phi) is 6.63. The van der Waals surface area contributed by atoms with E-state index in [0.29, 0.717) is 12.2 Å². The molecule has 0 aromatic heterocycles. The summed E-state index contributed by atoms with van der Waals surface area (Å²) >= 11 is 0. The van der Waals surface area contributed by atoms with Crippen molar-refractivity contribution in [2.45, 2.75) is 20.5 Å². The van der Waals surface area contributed by atoms with E-state index in [1.807, 2.05) is 55.5 Å². The van der Waals surface area contributed by atoms with Gasteiger partial charge in [0.15, 0.2) is 0 Å². The molecule has 0 heterocycles. The normalized spacial score (nSPS) is 10.7. The summed E-state index contributed by atoms with van der Waals surface area (Å²) in [6.45, 7) is 4.47. The van der Waals surface area contributed by atoms with Gasteiger partial charge in [0.1, 0.15) is 18.1 Å². The summed E-state index contributed by atoms with van der Waals surface area (Å²) < 4.78 is 11.5. The Morgan fingerprint density at radius 3 is 2.55 bits per heavy atom. The van der Waals surface area contributed by atoms with Crippen LogP contribution >= 0.6 is 0 Å². The van der Waals surface area contributed by atoms with Crippen LogP contribution in [0.5, 0.6) is 11.5 Å². The highest BCUT2D eigenvalue weighted by atomic mass is 16.5. The summed E-state index contributed by atoms with van der Waals surface area (Å²) in [6, 6.07) is 20.6. The van der Waals surface area contributed by atoms with Gasteiger partial charge in [-0.25, -0.2) is 5.43 Å². The number of amides is 1. The van der Waals surface area contributed by atoms with Crippen molar-refractivity contribution in [2.75, 3.05) is 7.11 Å². The second-order valence-electron chi connectivity index (χ2n) is 6.62. The van der Waals surface area contributed by atoms with Gasteiger partial charge in [0.05, 0.1) is 13.3 Å². The van der Waals surface area contributed by atoms with Crippen molar-refractivity contribution in [1.29, 1.82) is 0 Å². The molecule has 5 heteroatoms. The Bertz CT molecular complexity index is 1010. The number of nitrogens with one attached hydrogen (secondary N) is 1. The lowest BCUT2D eigenvalue weighted by Gasteiger charge is -2.13. The Morgan fingerprint density at radius 2 is 1.79 bits per heavy atom. The van der Waals surface area contributed by atoms with Crippen LogP contribution in [0, 0.1) is 13.8 Å². The fourth-order valence-electron chi connectivity index (χ4n) is 2.85. The molecular formula is C24H24N2O3. The lowest BCUT2D eigenvalue weighted by molar-refractivity contribution is 0.0955. The third-order valence-electron chi connectivity index (χ3n) is 4.66. The van der Waals surface area contributed by atoms with Crippen LogP contribution in [0.3, 0.4) is 0 Å². The molecular weight excluding hydrogens is 364 g/mol. The zero-order valence-electron chi connectivity index (χ0n) is 16.8. The predicted octanol–water partition coefficient (Wildman–Crippen LogP) is 4.65. The minimum Gasteiger partial charge on any atom is -0.496 e. The van der Waals surface area contributed by atoms with Crippen LogP contribution in [-0.2, 0) is 6.61 Å². The number of nitrogens with zero attached hydrogens (tertiary/aromatic N) is 1. The van der Waals surface area contributed by atoms with E-state index < -0.39 is 0 Å². The average Bonchev–Trinajstić information content (AvgIpc) is 2.75. The molecule has 1 N–H and O–H groups in total. The number of methoxy groups -OCH3 is 1. The lowest BCUT2D eigenvalue weighted by Crippen LogP contribution is -2.17. The standard InChI is InChI=1S/C24H24N2O3/c1-17-8-7-11-22(18(17)2)29-16-21-14-19(12-13-23(21)28-3)15-25-26-24(27)20-9-5-4-6-10-20/h4-15H,16H2,1-3H3,(H,26,27)/b25-15+. The van der Waals surface area contributed by atoms with Crippen molar-refractivity contribution in [3.05, 3.63) is 94.5 Å². The second kappa shape index (κ2) is 9.55. The van der Waals surface area contributed by atoms with E-state index in [1.54, 1.807) is 25.5 Å². The first-order chi connectivity index (χ1) is 14.1. The highest BCUT2D eigenvalue weighted by molar-refractivity contribution is 5.94. The number of ether oxygens (including phenoxy) is 2. The Hall–Kier alpha value is -3.60. The molecule has 1 amide bonds. The number of benzene rings is 3. The minimum absolute atomic E-state index is 0.256. The van der Waals surface area contributed by atoms with Gasteiger partial charge in [-0.05, 0) is 66.9 Å². The zero-order chi connectivity index (χ0) is 20.6. The highest BCUT2D eigenvalue weighted by Crippen LogP contribution is 2.25. The topological polar surface area (TPSA) is 59.9 Å². The summed E-state index contributed by atoms with van der Waals surface area (Å²) in [5.41, 5.74) is 7.12. The van der Waals surface area contributed by atoms with E-state index in [1.165, 1.54) is 5.56 Å². The third-order valence-corrected chi connectivity index (χ3v) is 4.66. The summed E-state index contributed by atoms with van der Waals surface area (Å²) in [5, 5.41) is 4.05. The molecule has 0 aliphatic heterocycles. The molecule has 29 heavy (non-hydrogen) atoms. The largest absolute Gasteiger partial charge is 0.496 e. The van der Waals surface area contributed by atoms with Crippen LogP contribution in [0.15, 0.2) is 71.8 Å². The molecule has 3 aromatic rings. The Labute approximate surface area is 171 Å². The molecule has 0 aliphatic carbocycles. The van der Waals surface area contributed by atoms with Crippen LogP contribution in [0.4, 0.5) is 0 Å². The lowest BCUT2D eigenvalue weighted by atomic mass is 10.1. The van der Waals surface area contributed by atoms with Crippen molar-refractivity contribution in [2.24, 2.45) is 5.10 Å². The van der Waals surface area contributed by atoms with Crippen LogP contribution in [0.2, 0.25) is 0 Å².